The van der Waals surface area contributed by atoms with Crippen LogP contribution in [0.2, 0.25) is 0 Å². The highest BCUT2D eigenvalue weighted by atomic mass is 19.4. The lowest BCUT2D eigenvalue weighted by Gasteiger charge is -2.09. The third-order valence-corrected chi connectivity index (χ3v) is 2.36. The molecule has 0 fully saturated rings. The number of halogens is 3. The van der Waals surface area contributed by atoms with Gasteiger partial charge in [-0.15, -0.1) is 0 Å². The lowest BCUT2D eigenvalue weighted by atomic mass is 10.2. The molecule has 1 heterocycles. The van der Waals surface area contributed by atoms with Gasteiger partial charge in [0.05, 0.1) is 23.1 Å². The minimum absolute atomic E-state index is 0.0132. The van der Waals surface area contributed by atoms with Crippen LogP contribution < -0.4 is 5.56 Å². The van der Waals surface area contributed by atoms with Crippen LogP contribution in [0.3, 0.4) is 0 Å². The van der Waals surface area contributed by atoms with Gasteiger partial charge in [0.15, 0.2) is 0 Å². The topological polar surface area (TPSA) is 83.7 Å². The highest BCUT2D eigenvalue weighted by molar-refractivity contribution is 5.38. The summed E-state index contributed by atoms with van der Waals surface area (Å²) in [6.45, 7) is 0. The molecule has 0 saturated carbocycles. The van der Waals surface area contributed by atoms with Gasteiger partial charge in [-0.1, -0.05) is 11.2 Å². The third kappa shape index (κ3) is 2.78. The van der Waals surface area contributed by atoms with Crippen LogP contribution in [-0.2, 0) is 6.18 Å². The first-order chi connectivity index (χ1) is 9.41. The molecular weight excluding hydrogens is 275 g/mol. The Balaban J connectivity index is 2.52. The summed E-state index contributed by atoms with van der Waals surface area (Å²) in [4.78, 5) is 14.2. The van der Waals surface area contributed by atoms with Crippen molar-refractivity contribution in [3.8, 4) is 5.69 Å². The monoisotopic (exact) mass is 281 g/mol. The number of azide groups is 1. The van der Waals surface area contributed by atoms with Gasteiger partial charge in [-0.05, 0) is 23.7 Å². The maximum atomic E-state index is 12.6. The van der Waals surface area contributed by atoms with E-state index in [-0.39, 0.29) is 11.4 Å². The van der Waals surface area contributed by atoms with Crippen LogP contribution in [0.4, 0.5) is 18.9 Å². The van der Waals surface area contributed by atoms with Crippen molar-refractivity contribution >= 4 is 5.69 Å². The Hall–Kier alpha value is -2.80. The van der Waals surface area contributed by atoms with Gasteiger partial charge in [0, 0.05) is 11.0 Å². The number of nitrogens with zero attached hydrogens (tertiary/aromatic N) is 5. The Morgan fingerprint density at radius 2 is 2.05 bits per heavy atom. The Bertz CT molecular complexity index is 746. The molecule has 1 aromatic carbocycles. The molecule has 0 amide bonds. The first-order valence-corrected chi connectivity index (χ1v) is 5.24. The molecule has 6 nitrogen and oxygen atoms in total. The molecule has 102 valence electrons. The van der Waals surface area contributed by atoms with E-state index in [4.69, 9.17) is 5.53 Å². The van der Waals surface area contributed by atoms with E-state index in [1.54, 1.807) is 0 Å². The van der Waals surface area contributed by atoms with Gasteiger partial charge in [-0.3, -0.25) is 4.79 Å². The molecule has 0 aliphatic rings. The molecular formula is C11H6F3N5O. The molecule has 2 aromatic rings. The summed E-state index contributed by atoms with van der Waals surface area (Å²) in [5.74, 6) is 0. The number of aromatic nitrogens is 2. The maximum absolute atomic E-state index is 12.6. The van der Waals surface area contributed by atoms with Crippen LogP contribution >= 0.6 is 0 Å². The van der Waals surface area contributed by atoms with Gasteiger partial charge >= 0.3 is 6.18 Å². The Kier molecular flexibility index (Phi) is 3.45. The normalized spacial score (nSPS) is 10.9. The molecule has 0 unspecified atom stereocenters. The highest BCUT2D eigenvalue weighted by Crippen LogP contribution is 2.29. The number of benzene rings is 1. The second-order valence-electron chi connectivity index (χ2n) is 3.70. The van der Waals surface area contributed by atoms with Crippen molar-refractivity contribution in [2.75, 3.05) is 0 Å². The number of hydrogen-bond acceptors (Lipinski definition) is 3. The zero-order valence-electron chi connectivity index (χ0n) is 9.74. The zero-order chi connectivity index (χ0) is 14.8. The molecule has 9 heteroatoms. The highest BCUT2D eigenvalue weighted by Gasteiger charge is 2.30. The average molecular weight is 281 g/mol. The molecule has 1 aromatic heterocycles. The van der Waals surface area contributed by atoms with Gasteiger partial charge in [-0.2, -0.15) is 23.0 Å². The van der Waals surface area contributed by atoms with Crippen molar-refractivity contribution in [1.29, 1.82) is 0 Å². The average Bonchev–Trinajstić information content (AvgIpc) is 2.38. The summed E-state index contributed by atoms with van der Waals surface area (Å²) in [6, 6.07) is 5.17. The van der Waals surface area contributed by atoms with Gasteiger partial charge in [-0.25, -0.2) is 0 Å². The minimum Gasteiger partial charge on any atom is -0.267 e. The summed E-state index contributed by atoms with van der Waals surface area (Å²) >= 11 is 0. The summed E-state index contributed by atoms with van der Waals surface area (Å²) in [5.41, 5.74) is 6.59. The molecule has 0 saturated heterocycles. The van der Waals surface area contributed by atoms with Gasteiger partial charge < -0.3 is 0 Å². The zero-order valence-corrected chi connectivity index (χ0v) is 9.74. The first kappa shape index (κ1) is 13.6. The Morgan fingerprint density at radius 1 is 1.30 bits per heavy atom. The van der Waals surface area contributed by atoms with Crippen molar-refractivity contribution in [2.45, 2.75) is 6.18 Å². The minimum atomic E-state index is -4.51. The van der Waals surface area contributed by atoms with E-state index in [0.29, 0.717) is 0 Å². The second-order valence-corrected chi connectivity index (χ2v) is 3.70. The molecule has 0 N–H and O–H groups in total. The predicted molar refractivity (Wildman–Crippen MR) is 63.6 cm³/mol. The van der Waals surface area contributed by atoms with Crippen molar-refractivity contribution in [3.05, 3.63) is 62.9 Å². The lowest BCUT2D eigenvalue weighted by molar-refractivity contribution is -0.137. The molecule has 2 rings (SSSR count). The van der Waals surface area contributed by atoms with E-state index in [0.717, 1.165) is 29.1 Å². The van der Waals surface area contributed by atoms with Gasteiger partial charge in [0.1, 0.15) is 0 Å². The summed E-state index contributed by atoms with van der Waals surface area (Å²) < 4.78 is 38.5. The fourth-order valence-corrected chi connectivity index (χ4v) is 1.51. The van der Waals surface area contributed by atoms with E-state index < -0.39 is 17.3 Å². The fraction of sp³-hybridized carbons (Fsp3) is 0.0909. The third-order valence-electron chi connectivity index (χ3n) is 2.36. The van der Waals surface area contributed by atoms with Crippen molar-refractivity contribution in [3.63, 3.8) is 0 Å². The van der Waals surface area contributed by atoms with E-state index >= 15 is 0 Å². The van der Waals surface area contributed by atoms with Crippen LogP contribution in [0.15, 0.2) is 46.4 Å². The number of rotatable bonds is 2. The first-order valence-electron chi connectivity index (χ1n) is 5.24. The molecule has 0 aliphatic carbocycles. The largest absolute Gasteiger partial charge is 0.416 e. The maximum Gasteiger partial charge on any atom is 0.416 e. The van der Waals surface area contributed by atoms with Crippen molar-refractivity contribution in [1.82, 2.24) is 9.78 Å². The fourth-order valence-electron chi connectivity index (χ4n) is 1.51. The van der Waals surface area contributed by atoms with E-state index in [9.17, 15) is 18.0 Å². The Labute approximate surface area is 109 Å². The smallest absolute Gasteiger partial charge is 0.267 e. The molecule has 0 bridgehead atoms. The molecule has 0 atom stereocenters. The van der Waals surface area contributed by atoms with E-state index in [1.165, 1.54) is 12.1 Å². The molecule has 20 heavy (non-hydrogen) atoms. The van der Waals surface area contributed by atoms with E-state index in [1.807, 2.05) is 0 Å². The molecule has 0 radical (unpaired) electrons. The van der Waals surface area contributed by atoms with Crippen LogP contribution in [0.1, 0.15) is 5.56 Å². The standard InChI is InChI=1S/C11H6F3N5O/c12-11(13,14)7-2-1-3-9(4-7)19-10(20)5-8(6-16-19)17-18-15/h1-6H. The predicted octanol–water partition coefficient (Wildman–Crippen LogP) is 3.19. The molecule has 0 aliphatic heterocycles. The van der Waals surface area contributed by atoms with Crippen LogP contribution in [0, 0.1) is 0 Å². The van der Waals surface area contributed by atoms with Gasteiger partial charge in [0.25, 0.3) is 5.56 Å². The van der Waals surface area contributed by atoms with Crippen molar-refractivity contribution in [2.24, 2.45) is 5.11 Å². The SMILES string of the molecule is [N-]=[N+]=Nc1cnn(-c2cccc(C(F)(F)F)c2)c(=O)c1. The van der Waals surface area contributed by atoms with Crippen LogP contribution in [0.5, 0.6) is 0 Å². The summed E-state index contributed by atoms with van der Waals surface area (Å²) in [6.07, 6.45) is -3.42. The summed E-state index contributed by atoms with van der Waals surface area (Å²) in [5, 5.41) is 6.85. The van der Waals surface area contributed by atoms with E-state index in [2.05, 4.69) is 15.1 Å². The van der Waals surface area contributed by atoms with Crippen LogP contribution in [-0.4, -0.2) is 9.78 Å². The number of hydrogen-bond donors (Lipinski definition) is 0. The second kappa shape index (κ2) is 5.06. The lowest BCUT2D eigenvalue weighted by Crippen LogP contribution is -2.20. The number of alkyl halides is 3. The van der Waals surface area contributed by atoms with Crippen molar-refractivity contribution < 1.29 is 13.2 Å². The molecule has 0 spiro atoms. The summed E-state index contributed by atoms with van der Waals surface area (Å²) in [7, 11) is 0. The Morgan fingerprint density at radius 3 is 2.65 bits per heavy atom. The van der Waals surface area contributed by atoms with Gasteiger partial charge in [0.2, 0.25) is 0 Å². The van der Waals surface area contributed by atoms with Crippen LogP contribution in [0.25, 0.3) is 16.1 Å². The quantitative estimate of drug-likeness (QED) is 0.481.